The number of rotatable bonds is 4. The van der Waals surface area contributed by atoms with E-state index >= 15 is 0 Å². The van der Waals surface area contributed by atoms with Crippen LogP contribution in [-0.4, -0.2) is 44.3 Å². The van der Waals surface area contributed by atoms with Gasteiger partial charge in [0.2, 0.25) is 0 Å². The lowest BCUT2D eigenvalue weighted by atomic mass is 10.2. The number of benzene rings is 1. The maximum absolute atomic E-state index is 10.6. The molecule has 19 heavy (non-hydrogen) atoms. The van der Waals surface area contributed by atoms with Crippen molar-refractivity contribution < 1.29 is 29.4 Å². The quantitative estimate of drug-likeness (QED) is 0.492. The lowest BCUT2D eigenvalue weighted by Gasteiger charge is -2.08. The highest BCUT2D eigenvalue weighted by Gasteiger charge is 2.04. The van der Waals surface area contributed by atoms with Gasteiger partial charge in [0.1, 0.15) is 12.3 Å². The van der Waals surface area contributed by atoms with Crippen LogP contribution in [0.2, 0.25) is 0 Å². The zero-order chi connectivity index (χ0) is 14.8. The fourth-order valence-electron chi connectivity index (χ4n) is 1.10. The Labute approximate surface area is 112 Å². The minimum Gasteiger partial charge on any atom is -0.545 e. The van der Waals surface area contributed by atoms with Gasteiger partial charge in [-0.25, -0.2) is 0 Å². The number of carbonyl (C=O) groups excluding carboxylic acids is 2. The largest absolute Gasteiger partial charge is 0.545 e. The summed E-state index contributed by atoms with van der Waals surface area (Å²) in [7, 11) is 4.02. The van der Waals surface area contributed by atoms with Crippen molar-refractivity contribution in [1.82, 2.24) is 0 Å². The number of carbonyl (C=O) groups is 2. The third-order valence-corrected chi connectivity index (χ3v) is 1.97. The van der Waals surface area contributed by atoms with Crippen LogP contribution in [0.5, 0.6) is 5.75 Å². The molecule has 0 atom stereocenters. The summed E-state index contributed by atoms with van der Waals surface area (Å²) in [5.74, 6) is -1.92. The highest BCUT2D eigenvalue weighted by atomic mass is 16.5. The number of para-hydroxylation sites is 1. The molecule has 0 bridgehead atoms. The zero-order valence-electron chi connectivity index (χ0n) is 11.3. The minimum absolute atomic E-state index is 0.00926. The first kappa shape index (κ1) is 17.1. The molecule has 0 unspecified atom stereocenters. The number of esters is 1. The Balaban J connectivity index is 0.000000459. The van der Waals surface area contributed by atoms with E-state index in [1.807, 2.05) is 14.1 Å². The summed E-state index contributed by atoms with van der Waals surface area (Å²) in [4.78, 5) is 22.3. The molecule has 0 saturated heterocycles. The molecule has 0 fully saturated rings. The van der Waals surface area contributed by atoms with Crippen molar-refractivity contribution in [3.63, 3.8) is 0 Å². The molecule has 106 valence electrons. The van der Waals surface area contributed by atoms with Crippen LogP contribution in [0.1, 0.15) is 17.3 Å². The fourth-order valence-corrected chi connectivity index (χ4v) is 1.10. The molecule has 6 nitrogen and oxygen atoms in total. The molecule has 0 heterocycles. The van der Waals surface area contributed by atoms with E-state index in [0.717, 1.165) is 6.54 Å². The van der Waals surface area contributed by atoms with Crippen LogP contribution in [0.4, 0.5) is 0 Å². The fraction of sp³-hybridized carbons (Fsp3) is 0.385. The topological polar surface area (TPSA) is 91.1 Å². The average molecular weight is 269 g/mol. The summed E-state index contributed by atoms with van der Waals surface area (Å²) in [6.45, 7) is 2.34. The van der Waals surface area contributed by atoms with E-state index in [0.29, 0.717) is 6.61 Å². The first-order chi connectivity index (χ1) is 8.88. The molecule has 0 amide bonds. The molecule has 0 aromatic heterocycles. The van der Waals surface area contributed by atoms with Gasteiger partial charge < -0.3 is 24.6 Å². The molecule has 0 aliphatic carbocycles. The first-order valence-electron chi connectivity index (χ1n) is 5.77. The highest BCUT2D eigenvalue weighted by Crippen LogP contribution is 2.16. The molecular weight excluding hydrogens is 250 g/mol. The third kappa shape index (κ3) is 7.91. The number of hydrogen-bond donors (Lipinski definition) is 2. The molecule has 0 spiro atoms. The Hall–Kier alpha value is -1.92. The SMILES string of the molecule is CC(=O)Oc1ccccc1C(=O)[O-].C[NH+](C)CCO. The average Bonchev–Trinajstić information content (AvgIpc) is 2.29. The van der Waals surface area contributed by atoms with Gasteiger partial charge >= 0.3 is 5.97 Å². The number of aliphatic hydroxyl groups is 1. The molecule has 0 aliphatic rings. The predicted octanol–water partition coefficient (Wildman–Crippen LogP) is -1.90. The van der Waals surface area contributed by atoms with Crippen molar-refractivity contribution in [2.24, 2.45) is 0 Å². The van der Waals surface area contributed by atoms with E-state index in [2.05, 4.69) is 4.74 Å². The maximum atomic E-state index is 10.6. The highest BCUT2D eigenvalue weighted by molar-refractivity contribution is 5.90. The molecule has 2 N–H and O–H groups in total. The molecule has 0 aliphatic heterocycles. The van der Waals surface area contributed by atoms with Gasteiger partial charge in [0.25, 0.3) is 0 Å². The molecular formula is C13H19NO5. The molecule has 1 rings (SSSR count). The summed E-state index contributed by atoms with van der Waals surface area (Å²) < 4.78 is 4.65. The van der Waals surface area contributed by atoms with Crippen LogP contribution in [0.25, 0.3) is 0 Å². The number of carboxylic acid groups (broad SMARTS) is 1. The van der Waals surface area contributed by atoms with Gasteiger partial charge in [0, 0.05) is 12.5 Å². The summed E-state index contributed by atoms with van der Waals surface area (Å²) in [6, 6.07) is 5.81. The van der Waals surface area contributed by atoms with Gasteiger partial charge in [-0.3, -0.25) is 4.79 Å². The second-order valence-electron chi connectivity index (χ2n) is 4.06. The summed E-state index contributed by atoms with van der Waals surface area (Å²) in [6.07, 6.45) is 0. The van der Waals surface area contributed by atoms with Crippen LogP contribution < -0.4 is 14.7 Å². The number of likely N-dealkylation sites (N-methyl/N-ethyl adjacent to an activating group) is 1. The van der Waals surface area contributed by atoms with Crippen molar-refractivity contribution >= 4 is 11.9 Å². The Kier molecular flexibility index (Phi) is 8.15. The van der Waals surface area contributed by atoms with Crippen LogP contribution in [0.15, 0.2) is 24.3 Å². The number of ether oxygens (including phenoxy) is 1. The first-order valence-corrected chi connectivity index (χ1v) is 5.77. The van der Waals surface area contributed by atoms with E-state index in [4.69, 9.17) is 5.11 Å². The monoisotopic (exact) mass is 269 g/mol. The van der Waals surface area contributed by atoms with Crippen molar-refractivity contribution in [2.75, 3.05) is 27.2 Å². The summed E-state index contributed by atoms with van der Waals surface area (Å²) in [5.41, 5.74) is -0.127. The van der Waals surface area contributed by atoms with Gasteiger partial charge in [-0.15, -0.1) is 0 Å². The summed E-state index contributed by atoms with van der Waals surface area (Å²) in [5, 5.41) is 18.7. The normalized spacial score (nSPS) is 9.53. The Morgan fingerprint density at radius 3 is 2.26 bits per heavy atom. The molecule has 0 radical (unpaired) electrons. The predicted molar refractivity (Wildman–Crippen MR) is 66.8 cm³/mol. The number of aromatic carboxylic acids is 1. The minimum atomic E-state index is -1.36. The van der Waals surface area contributed by atoms with Crippen LogP contribution in [0, 0.1) is 0 Å². The van der Waals surface area contributed by atoms with Crippen LogP contribution >= 0.6 is 0 Å². The van der Waals surface area contributed by atoms with E-state index in [9.17, 15) is 14.7 Å². The molecule has 1 aromatic carbocycles. The summed E-state index contributed by atoms with van der Waals surface area (Å²) >= 11 is 0. The van der Waals surface area contributed by atoms with E-state index in [1.165, 1.54) is 30.0 Å². The number of hydrogen-bond acceptors (Lipinski definition) is 5. The molecule has 1 aromatic rings. The van der Waals surface area contributed by atoms with Gasteiger partial charge in [0.05, 0.1) is 26.7 Å². The van der Waals surface area contributed by atoms with Crippen LogP contribution in [-0.2, 0) is 4.79 Å². The Bertz CT molecular complexity index is 417. The molecule has 0 saturated carbocycles. The Morgan fingerprint density at radius 2 is 1.89 bits per heavy atom. The third-order valence-electron chi connectivity index (χ3n) is 1.97. The smallest absolute Gasteiger partial charge is 0.308 e. The standard InChI is InChI=1S/C9H8O4.C4H11NO/c1-6(10)13-8-5-3-2-4-7(8)9(11)12;1-5(2)3-4-6/h2-5H,1H3,(H,11,12);6H,3-4H2,1-2H3. The number of nitrogens with one attached hydrogen (secondary N) is 1. The van der Waals surface area contributed by atoms with Gasteiger partial charge in [-0.2, -0.15) is 0 Å². The zero-order valence-corrected chi connectivity index (χ0v) is 11.3. The number of quaternary nitrogens is 1. The lowest BCUT2D eigenvalue weighted by Crippen LogP contribution is -3.06. The van der Waals surface area contributed by atoms with E-state index < -0.39 is 11.9 Å². The second kappa shape index (κ2) is 9.07. The number of carboxylic acids is 1. The van der Waals surface area contributed by atoms with Crippen molar-refractivity contribution in [1.29, 1.82) is 0 Å². The Morgan fingerprint density at radius 1 is 1.32 bits per heavy atom. The lowest BCUT2D eigenvalue weighted by molar-refractivity contribution is -0.858. The van der Waals surface area contributed by atoms with Crippen LogP contribution in [0.3, 0.4) is 0 Å². The van der Waals surface area contributed by atoms with Crippen molar-refractivity contribution in [2.45, 2.75) is 6.92 Å². The second-order valence-corrected chi connectivity index (χ2v) is 4.06. The van der Waals surface area contributed by atoms with Gasteiger partial charge in [-0.05, 0) is 12.1 Å². The molecule has 6 heteroatoms. The number of aliphatic hydroxyl groups excluding tert-OH is 1. The van der Waals surface area contributed by atoms with Gasteiger partial charge in [-0.1, -0.05) is 12.1 Å². The van der Waals surface area contributed by atoms with Crippen molar-refractivity contribution in [3.8, 4) is 5.75 Å². The van der Waals surface area contributed by atoms with Crippen molar-refractivity contribution in [3.05, 3.63) is 29.8 Å². The van der Waals surface area contributed by atoms with E-state index in [-0.39, 0.29) is 11.3 Å². The van der Waals surface area contributed by atoms with Gasteiger partial charge in [0.15, 0.2) is 0 Å². The maximum Gasteiger partial charge on any atom is 0.308 e. The van der Waals surface area contributed by atoms with E-state index in [1.54, 1.807) is 6.07 Å².